The Hall–Kier alpha value is -0.910. The van der Waals surface area contributed by atoms with Crippen molar-refractivity contribution in [1.29, 1.82) is 5.26 Å². The van der Waals surface area contributed by atoms with Gasteiger partial charge in [0.05, 0.1) is 12.1 Å². The van der Waals surface area contributed by atoms with Crippen LogP contribution in [0.4, 0.5) is 0 Å². The van der Waals surface area contributed by atoms with E-state index in [-0.39, 0.29) is 0 Å². The summed E-state index contributed by atoms with van der Waals surface area (Å²) in [5, 5.41) is 17.8. The molecule has 1 aliphatic carbocycles. The molecule has 1 unspecified atom stereocenters. The standard InChI is InChI=1S/C13H23N3/c1-11(2)9-13(3,10-14)16-15-12-7-5-4-6-8-12/h11-12H,4-9H2,1-3H3/b16-15+. The SMILES string of the molecule is CC(C)CC(C)(C#N)/N=N/C1CCCCC1. The van der Waals surface area contributed by atoms with Crippen LogP contribution in [0.3, 0.4) is 0 Å². The molecule has 90 valence electrons. The molecule has 0 N–H and O–H groups in total. The summed E-state index contributed by atoms with van der Waals surface area (Å²) in [7, 11) is 0. The van der Waals surface area contributed by atoms with Crippen LogP contribution in [0.5, 0.6) is 0 Å². The van der Waals surface area contributed by atoms with Crippen LogP contribution in [-0.2, 0) is 0 Å². The van der Waals surface area contributed by atoms with Gasteiger partial charge in [-0.25, -0.2) is 0 Å². The maximum Gasteiger partial charge on any atom is 0.164 e. The lowest BCUT2D eigenvalue weighted by molar-refractivity contribution is 0.388. The van der Waals surface area contributed by atoms with E-state index >= 15 is 0 Å². The molecule has 0 aromatic carbocycles. The smallest absolute Gasteiger partial charge is 0.164 e. The van der Waals surface area contributed by atoms with Gasteiger partial charge in [-0.3, -0.25) is 0 Å². The van der Waals surface area contributed by atoms with Crippen molar-refractivity contribution in [2.24, 2.45) is 16.1 Å². The zero-order valence-electron chi connectivity index (χ0n) is 10.7. The van der Waals surface area contributed by atoms with Gasteiger partial charge in [-0.1, -0.05) is 33.1 Å². The van der Waals surface area contributed by atoms with Crippen molar-refractivity contribution < 1.29 is 0 Å². The number of nitriles is 1. The second-order valence-electron chi connectivity index (χ2n) is 5.49. The minimum atomic E-state index is -0.619. The Kier molecular flexibility index (Phi) is 4.92. The average molecular weight is 221 g/mol. The highest BCUT2D eigenvalue weighted by Gasteiger charge is 2.25. The maximum atomic E-state index is 9.16. The van der Waals surface area contributed by atoms with Gasteiger partial charge in [0.2, 0.25) is 0 Å². The molecular weight excluding hydrogens is 198 g/mol. The van der Waals surface area contributed by atoms with Gasteiger partial charge in [0, 0.05) is 0 Å². The average Bonchev–Trinajstić information content (AvgIpc) is 2.27. The van der Waals surface area contributed by atoms with Gasteiger partial charge >= 0.3 is 0 Å². The van der Waals surface area contributed by atoms with Crippen LogP contribution in [-0.4, -0.2) is 11.6 Å². The third-order valence-corrected chi connectivity index (χ3v) is 3.06. The lowest BCUT2D eigenvalue weighted by Gasteiger charge is -2.20. The molecule has 1 aliphatic rings. The van der Waals surface area contributed by atoms with Crippen molar-refractivity contribution in [2.45, 2.75) is 70.9 Å². The molecule has 0 saturated heterocycles. The van der Waals surface area contributed by atoms with Gasteiger partial charge in [-0.15, -0.1) is 0 Å². The van der Waals surface area contributed by atoms with Crippen molar-refractivity contribution in [3.05, 3.63) is 0 Å². The molecule has 0 aromatic rings. The Morgan fingerprint density at radius 1 is 1.31 bits per heavy atom. The summed E-state index contributed by atoms with van der Waals surface area (Å²) in [6.07, 6.45) is 6.93. The summed E-state index contributed by atoms with van der Waals surface area (Å²) in [6, 6.07) is 2.66. The molecule has 1 fully saturated rings. The summed E-state index contributed by atoms with van der Waals surface area (Å²) < 4.78 is 0. The number of rotatable bonds is 4. The monoisotopic (exact) mass is 221 g/mol. The maximum absolute atomic E-state index is 9.16. The number of hydrogen-bond donors (Lipinski definition) is 0. The van der Waals surface area contributed by atoms with E-state index in [0.29, 0.717) is 12.0 Å². The molecule has 1 saturated carbocycles. The first-order chi connectivity index (χ1) is 7.56. The number of azo groups is 1. The highest BCUT2D eigenvalue weighted by atomic mass is 15.2. The van der Waals surface area contributed by atoms with Crippen LogP contribution in [0.1, 0.15) is 59.3 Å². The number of hydrogen-bond acceptors (Lipinski definition) is 3. The first kappa shape index (κ1) is 13.2. The lowest BCUT2D eigenvalue weighted by atomic mass is 9.93. The Bertz CT molecular complexity index is 271. The molecule has 0 radical (unpaired) electrons. The molecule has 0 amide bonds. The molecule has 0 bridgehead atoms. The normalized spacial score (nSPS) is 22.2. The summed E-state index contributed by atoms with van der Waals surface area (Å²) in [4.78, 5) is 0. The minimum absolute atomic E-state index is 0.369. The van der Waals surface area contributed by atoms with Crippen LogP contribution in [0.25, 0.3) is 0 Å². The molecule has 1 rings (SSSR count). The van der Waals surface area contributed by atoms with Crippen LogP contribution in [0.15, 0.2) is 10.2 Å². The Labute approximate surface area is 99.0 Å². The van der Waals surface area contributed by atoms with E-state index in [2.05, 4.69) is 30.1 Å². The van der Waals surface area contributed by atoms with Gasteiger partial charge in [-0.2, -0.15) is 15.5 Å². The highest BCUT2D eigenvalue weighted by molar-refractivity contribution is 5.03. The van der Waals surface area contributed by atoms with Crippen molar-refractivity contribution in [1.82, 2.24) is 0 Å². The molecular formula is C13H23N3. The van der Waals surface area contributed by atoms with Crippen LogP contribution >= 0.6 is 0 Å². The molecule has 3 heteroatoms. The fraction of sp³-hybridized carbons (Fsp3) is 0.923. The van der Waals surface area contributed by atoms with E-state index in [1.54, 1.807) is 0 Å². The molecule has 0 spiro atoms. The highest BCUT2D eigenvalue weighted by Crippen LogP contribution is 2.24. The Morgan fingerprint density at radius 2 is 1.94 bits per heavy atom. The predicted octanol–water partition coefficient (Wildman–Crippen LogP) is 4.10. The molecule has 16 heavy (non-hydrogen) atoms. The molecule has 0 aromatic heterocycles. The van der Waals surface area contributed by atoms with Crippen LogP contribution < -0.4 is 0 Å². The fourth-order valence-corrected chi connectivity index (χ4v) is 2.31. The van der Waals surface area contributed by atoms with Crippen molar-refractivity contribution in [3.63, 3.8) is 0 Å². The second kappa shape index (κ2) is 5.98. The lowest BCUT2D eigenvalue weighted by Crippen LogP contribution is -2.22. The van der Waals surface area contributed by atoms with Crippen molar-refractivity contribution in [2.75, 3.05) is 0 Å². The van der Waals surface area contributed by atoms with Gasteiger partial charge in [0.1, 0.15) is 0 Å². The van der Waals surface area contributed by atoms with Crippen molar-refractivity contribution in [3.8, 4) is 6.07 Å². The van der Waals surface area contributed by atoms with Gasteiger partial charge in [0.25, 0.3) is 0 Å². The molecule has 3 nitrogen and oxygen atoms in total. The van der Waals surface area contributed by atoms with E-state index in [1.807, 2.05) is 6.92 Å². The van der Waals surface area contributed by atoms with E-state index < -0.39 is 5.54 Å². The fourth-order valence-electron chi connectivity index (χ4n) is 2.31. The third kappa shape index (κ3) is 4.30. The van der Waals surface area contributed by atoms with E-state index in [9.17, 15) is 0 Å². The quantitative estimate of drug-likeness (QED) is 0.659. The summed E-state index contributed by atoms with van der Waals surface area (Å²) in [5.74, 6) is 0.481. The predicted molar refractivity (Wildman–Crippen MR) is 65.2 cm³/mol. The molecule has 1 atom stereocenters. The molecule has 0 aliphatic heterocycles. The zero-order chi connectivity index (χ0) is 12.0. The molecule has 0 heterocycles. The zero-order valence-corrected chi connectivity index (χ0v) is 10.7. The third-order valence-electron chi connectivity index (χ3n) is 3.06. The minimum Gasteiger partial charge on any atom is -0.196 e. The second-order valence-corrected chi connectivity index (χ2v) is 5.49. The summed E-state index contributed by atoms with van der Waals surface area (Å²) in [6.45, 7) is 6.12. The Balaban J connectivity index is 2.54. The van der Waals surface area contributed by atoms with Crippen LogP contribution in [0.2, 0.25) is 0 Å². The summed E-state index contributed by atoms with van der Waals surface area (Å²) >= 11 is 0. The van der Waals surface area contributed by atoms with Crippen LogP contribution in [0, 0.1) is 17.2 Å². The Morgan fingerprint density at radius 3 is 2.44 bits per heavy atom. The van der Waals surface area contributed by atoms with E-state index in [0.717, 1.165) is 19.3 Å². The van der Waals surface area contributed by atoms with E-state index in [1.165, 1.54) is 19.3 Å². The first-order valence-corrected chi connectivity index (χ1v) is 6.39. The van der Waals surface area contributed by atoms with Gasteiger partial charge in [-0.05, 0) is 32.1 Å². The van der Waals surface area contributed by atoms with Crippen molar-refractivity contribution >= 4 is 0 Å². The van der Waals surface area contributed by atoms with Gasteiger partial charge in [0.15, 0.2) is 5.54 Å². The summed E-state index contributed by atoms with van der Waals surface area (Å²) in [5.41, 5.74) is -0.619. The first-order valence-electron chi connectivity index (χ1n) is 6.39. The van der Waals surface area contributed by atoms with E-state index in [4.69, 9.17) is 5.26 Å². The largest absolute Gasteiger partial charge is 0.196 e. The number of nitrogens with zero attached hydrogens (tertiary/aromatic N) is 3. The topological polar surface area (TPSA) is 48.5 Å². The van der Waals surface area contributed by atoms with Gasteiger partial charge < -0.3 is 0 Å².